The monoisotopic (exact) mass is 330 g/mol. The van der Waals surface area contributed by atoms with Crippen LogP contribution in [0.2, 0.25) is 0 Å². The first-order chi connectivity index (χ1) is 9.66. The molecule has 2 aromatic rings. The Bertz CT molecular complexity index is 655. The summed E-state index contributed by atoms with van der Waals surface area (Å²) in [6.45, 7) is 0. The summed E-state index contributed by atoms with van der Waals surface area (Å²) >= 11 is 3.35. The second kappa shape index (κ2) is 5.09. The SMILES string of the molecule is O=C1NC(c2ccc(Br)cc2)C(=O)N1c1ccccc1. The van der Waals surface area contributed by atoms with E-state index in [0.29, 0.717) is 5.69 Å². The first kappa shape index (κ1) is 12.9. The average Bonchev–Trinajstić information content (AvgIpc) is 2.76. The predicted molar refractivity (Wildman–Crippen MR) is 79.3 cm³/mol. The van der Waals surface area contributed by atoms with Crippen molar-refractivity contribution in [2.45, 2.75) is 6.04 Å². The van der Waals surface area contributed by atoms with Crippen molar-refractivity contribution in [1.29, 1.82) is 0 Å². The van der Waals surface area contributed by atoms with Gasteiger partial charge in [0.25, 0.3) is 5.91 Å². The summed E-state index contributed by atoms with van der Waals surface area (Å²) in [5, 5.41) is 2.71. The molecule has 1 N–H and O–H groups in total. The number of nitrogens with zero attached hydrogens (tertiary/aromatic N) is 1. The minimum absolute atomic E-state index is 0.261. The van der Waals surface area contributed by atoms with Crippen molar-refractivity contribution in [1.82, 2.24) is 5.32 Å². The number of carbonyl (C=O) groups excluding carboxylic acids is 2. The number of urea groups is 1. The van der Waals surface area contributed by atoms with Crippen molar-refractivity contribution >= 4 is 33.6 Å². The van der Waals surface area contributed by atoms with Gasteiger partial charge in [0.05, 0.1) is 5.69 Å². The van der Waals surface area contributed by atoms with E-state index in [-0.39, 0.29) is 5.91 Å². The number of imide groups is 1. The number of benzene rings is 2. The molecule has 0 aromatic heterocycles. The van der Waals surface area contributed by atoms with Crippen LogP contribution in [0.1, 0.15) is 11.6 Å². The summed E-state index contributed by atoms with van der Waals surface area (Å²) in [5.41, 5.74) is 1.35. The smallest absolute Gasteiger partial charge is 0.321 e. The number of anilines is 1. The normalized spacial score (nSPS) is 18.2. The number of carbonyl (C=O) groups is 2. The average molecular weight is 331 g/mol. The molecule has 2 aromatic carbocycles. The van der Waals surface area contributed by atoms with E-state index in [1.807, 2.05) is 30.3 Å². The fourth-order valence-corrected chi connectivity index (χ4v) is 2.45. The van der Waals surface area contributed by atoms with Gasteiger partial charge in [-0.3, -0.25) is 4.79 Å². The molecule has 1 aliphatic rings. The van der Waals surface area contributed by atoms with Crippen molar-refractivity contribution in [2.75, 3.05) is 4.90 Å². The number of para-hydroxylation sites is 1. The van der Waals surface area contributed by atoms with Gasteiger partial charge in [0.2, 0.25) is 0 Å². The lowest BCUT2D eigenvalue weighted by Gasteiger charge is -2.12. The lowest BCUT2D eigenvalue weighted by molar-refractivity contribution is -0.118. The highest BCUT2D eigenvalue weighted by Gasteiger charge is 2.39. The summed E-state index contributed by atoms with van der Waals surface area (Å²) in [6, 6.07) is 15.2. The molecule has 3 rings (SSSR count). The Morgan fingerprint density at radius 2 is 1.60 bits per heavy atom. The van der Waals surface area contributed by atoms with E-state index in [1.165, 1.54) is 4.90 Å². The standard InChI is InChI=1S/C15H11BrN2O2/c16-11-8-6-10(7-9-11)13-14(19)18(15(20)17-13)12-4-2-1-3-5-12/h1-9,13H,(H,17,20). The van der Waals surface area contributed by atoms with Crippen LogP contribution >= 0.6 is 15.9 Å². The molecule has 0 aliphatic carbocycles. The molecule has 3 amide bonds. The molecule has 1 fully saturated rings. The van der Waals surface area contributed by atoms with Crippen molar-refractivity contribution < 1.29 is 9.59 Å². The number of halogens is 1. The van der Waals surface area contributed by atoms with Crippen LogP contribution in [0.3, 0.4) is 0 Å². The highest BCUT2D eigenvalue weighted by Crippen LogP contribution is 2.27. The summed E-state index contributed by atoms with van der Waals surface area (Å²) in [4.78, 5) is 25.6. The van der Waals surface area contributed by atoms with Gasteiger partial charge in [-0.25, -0.2) is 9.69 Å². The zero-order chi connectivity index (χ0) is 14.1. The lowest BCUT2D eigenvalue weighted by atomic mass is 10.1. The zero-order valence-corrected chi connectivity index (χ0v) is 12.0. The maximum absolute atomic E-state index is 12.4. The van der Waals surface area contributed by atoms with Crippen LogP contribution in [0.4, 0.5) is 10.5 Å². The van der Waals surface area contributed by atoms with Crippen molar-refractivity contribution in [3.63, 3.8) is 0 Å². The number of amides is 3. The van der Waals surface area contributed by atoms with Crippen LogP contribution in [0, 0.1) is 0 Å². The van der Waals surface area contributed by atoms with Crippen LogP contribution in [0.15, 0.2) is 59.1 Å². The summed E-state index contributed by atoms with van der Waals surface area (Å²) in [7, 11) is 0. The van der Waals surface area contributed by atoms with Crippen LogP contribution in [-0.4, -0.2) is 11.9 Å². The topological polar surface area (TPSA) is 49.4 Å². The quantitative estimate of drug-likeness (QED) is 0.859. The van der Waals surface area contributed by atoms with E-state index in [2.05, 4.69) is 21.2 Å². The molecule has 0 radical (unpaired) electrons. The number of rotatable bonds is 2. The second-order valence-corrected chi connectivity index (χ2v) is 5.36. The van der Waals surface area contributed by atoms with E-state index < -0.39 is 12.1 Å². The predicted octanol–water partition coefficient (Wildman–Crippen LogP) is 3.25. The molecule has 100 valence electrons. The van der Waals surface area contributed by atoms with Crippen molar-refractivity contribution in [3.05, 3.63) is 64.6 Å². The van der Waals surface area contributed by atoms with E-state index in [9.17, 15) is 9.59 Å². The van der Waals surface area contributed by atoms with Crippen molar-refractivity contribution in [3.8, 4) is 0 Å². The molecule has 1 heterocycles. The minimum Gasteiger partial charge on any atom is -0.321 e. The van der Waals surface area contributed by atoms with Gasteiger partial charge < -0.3 is 5.32 Å². The Labute approximate surface area is 124 Å². The van der Waals surface area contributed by atoms with E-state index in [1.54, 1.807) is 24.3 Å². The highest BCUT2D eigenvalue weighted by molar-refractivity contribution is 9.10. The summed E-state index contributed by atoms with van der Waals surface area (Å²) in [5.74, 6) is -0.261. The van der Waals surface area contributed by atoms with Crippen LogP contribution < -0.4 is 10.2 Å². The summed E-state index contributed by atoms with van der Waals surface area (Å²) in [6.07, 6.45) is 0. The van der Waals surface area contributed by atoms with Gasteiger partial charge >= 0.3 is 6.03 Å². The van der Waals surface area contributed by atoms with Gasteiger partial charge in [0.15, 0.2) is 0 Å². The maximum atomic E-state index is 12.4. The number of nitrogens with one attached hydrogen (secondary N) is 1. The molecule has 1 saturated heterocycles. The lowest BCUT2D eigenvalue weighted by Crippen LogP contribution is -2.30. The minimum atomic E-state index is -0.629. The molecule has 0 saturated carbocycles. The number of hydrogen-bond donors (Lipinski definition) is 1. The second-order valence-electron chi connectivity index (χ2n) is 4.44. The van der Waals surface area contributed by atoms with Gasteiger partial charge in [-0.2, -0.15) is 0 Å². The fourth-order valence-electron chi connectivity index (χ4n) is 2.18. The van der Waals surface area contributed by atoms with Gasteiger partial charge in [-0.15, -0.1) is 0 Å². The fraction of sp³-hybridized carbons (Fsp3) is 0.0667. The third-order valence-corrected chi connectivity index (χ3v) is 3.68. The molecule has 20 heavy (non-hydrogen) atoms. The third kappa shape index (κ3) is 2.20. The Hall–Kier alpha value is -2.14. The number of hydrogen-bond acceptors (Lipinski definition) is 2. The molecular weight excluding hydrogens is 320 g/mol. The Kier molecular flexibility index (Phi) is 3.28. The molecule has 1 aliphatic heterocycles. The Morgan fingerprint density at radius 1 is 0.950 bits per heavy atom. The van der Waals surface area contributed by atoms with E-state index >= 15 is 0 Å². The zero-order valence-electron chi connectivity index (χ0n) is 10.4. The summed E-state index contributed by atoms with van der Waals surface area (Å²) < 4.78 is 0.929. The molecule has 0 spiro atoms. The molecule has 1 atom stereocenters. The van der Waals surface area contributed by atoms with Gasteiger partial charge in [0, 0.05) is 4.47 Å². The maximum Gasteiger partial charge on any atom is 0.329 e. The molecule has 5 heteroatoms. The first-order valence-corrected chi connectivity index (χ1v) is 6.91. The van der Waals surface area contributed by atoms with E-state index in [0.717, 1.165) is 10.0 Å². The van der Waals surface area contributed by atoms with Crippen LogP contribution in [0.5, 0.6) is 0 Å². The van der Waals surface area contributed by atoms with E-state index in [4.69, 9.17) is 0 Å². The third-order valence-electron chi connectivity index (χ3n) is 3.16. The highest BCUT2D eigenvalue weighted by atomic mass is 79.9. The molecule has 1 unspecified atom stereocenters. The van der Waals surface area contributed by atoms with Crippen LogP contribution in [-0.2, 0) is 4.79 Å². The van der Waals surface area contributed by atoms with Crippen molar-refractivity contribution in [2.24, 2.45) is 0 Å². The Morgan fingerprint density at radius 3 is 2.25 bits per heavy atom. The Balaban J connectivity index is 1.93. The van der Waals surface area contributed by atoms with Gasteiger partial charge in [0.1, 0.15) is 6.04 Å². The largest absolute Gasteiger partial charge is 0.329 e. The first-order valence-electron chi connectivity index (χ1n) is 6.12. The van der Waals surface area contributed by atoms with Gasteiger partial charge in [-0.05, 0) is 29.8 Å². The van der Waals surface area contributed by atoms with Crippen LogP contribution in [0.25, 0.3) is 0 Å². The van der Waals surface area contributed by atoms with Gasteiger partial charge in [-0.1, -0.05) is 46.3 Å². The molecule has 0 bridgehead atoms. The molecular formula is C15H11BrN2O2. The molecule has 4 nitrogen and oxygen atoms in total.